The number of hydrogen-bond acceptors (Lipinski definition) is 3. The predicted molar refractivity (Wildman–Crippen MR) is 81.1 cm³/mol. The van der Waals surface area contributed by atoms with E-state index in [9.17, 15) is 0 Å². The van der Waals surface area contributed by atoms with Gasteiger partial charge in [-0.3, -0.25) is 4.99 Å². The van der Waals surface area contributed by atoms with E-state index in [1.165, 1.54) is 11.1 Å². The molecule has 0 radical (unpaired) electrons. The van der Waals surface area contributed by atoms with Crippen LogP contribution in [0.25, 0.3) is 0 Å². The minimum absolute atomic E-state index is 0. The van der Waals surface area contributed by atoms with E-state index in [2.05, 4.69) is 54.3 Å². The summed E-state index contributed by atoms with van der Waals surface area (Å²) in [7, 11) is 0. The molecule has 0 aromatic heterocycles. The highest BCUT2D eigenvalue weighted by Crippen LogP contribution is 2.19. The van der Waals surface area contributed by atoms with Gasteiger partial charge in [0, 0.05) is 12.2 Å². The lowest BCUT2D eigenvalue weighted by Crippen LogP contribution is -2.35. The summed E-state index contributed by atoms with van der Waals surface area (Å²) in [5.74, 6) is 0.987. The fraction of sp³-hybridized carbons (Fsp3) is 0.357. The van der Waals surface area contributed by atoms with Crippen molar-refractivity contribution in [1.82, 2.24) is 5.32 Å². The van der Waals surface area contributed by atoms with Gasteiger partial charge in [-0.2, -0.15) is 0 Å². The average molecular weight is 266 g/mol. The summed E-state index contributed by atoms with van der Waals surface area (Å²) in [5.41, 5.74) is 3.71. The van der Waals surface area contributed by atoms with Crippen molar-refractivity contribution in [2.45, 2.75) is 19.9 Å². The molecule has 0 aliphatic carbocycles. The van der Waals surface area contributed by atoms with E-state index >= 15 is 0 Å². The van der Waals surface area contributed by atoms with Crippen LogP contribution in [0.5, 0.6) is 0 Å². The Morgan fingerprint density at radius 2 is 2.22 bits per heavy atom. The number of hydrogen-bond donors (Lipinski definition) is 2. The van der Waals surface area contributed by atoms with Gasteiger partial charge in [0.25, 0.3) is 0 Å². The minimum Gasteiger partial charge on any atom is -0.372 e. The second kappa shape index (κ2) is 6.45. The van der Waals surface area contributed by atoms with Crippen LogP contribution >= 0.6 is 12.4 Å². The number of nitrogens with zero attached hydrogens (tertiary/aromatic N) is 1. The van der Waals surface area contributed by atoms with Crippen molar-refractivity contribution in [2.24, 2.45) is 4.99 Å². The highest BCUT2D eigenvalue weighted by atomic mass is 35.5. The lowest BCUT2D eigenvalue weighted by atomic mass is 10.1. The molecule has 0 saturated heterocycles. The summed E-state index contributed by atoms with van der Waals surface area (Å²) in [6.45, 7) is 9.90. The molecule has 1 heterocycles. The molecule has 0 amide bonds. The second-order valence-corrected chi connectivity index (χ2v) is 4.30. The van der Waals surface area contributed by atoms with Crippen LogP contribution in [0.4, 0.5) is 5.69 Å². The third-order valence-electron chi connectivity index (χ3n) is 3.15. The molecule has 2 N–H and O–H groups in total. The number of rotatable bonds is 4. The van der Waals surface area contributed by atoms with Crippen molar-refractivity contribution in [3.63, 3.8) is 0 Å². The highest BCUT2D eigenvalue weighted by molar-refractivity contribution is 5.92. The summed E-state index contributed by atoms with van der Waals surface area (Å²) >= 11 is 0. The number of amidine groups is 1. The molecule has 0 spiro atoms. The molecule has 3 nitrogen and oxygen atoms in total. The minimum atomic E-state index is 0. The van der Waals surface area contributed by atoms with Crippen LogP contribution in [0.1, 0.15) is 11.1 Å². The van der Waals surface area contributed by atoms with Crippen molar-refractivity contribution in [1.29, 1.82) is 0 Å². The maximum absolute atomic E-state index is 4.43. The first-order chi connectivity index (χ1) is 8.22. The fourth-order valence-corrected chi connectivity index (χ4v) is 1.94. The Balaban J connectivity index is 0.00000162. The molecule has 1 unspecified atom stereocenters. The van der Waals surface area contributed by atoms with E-state index in [-0.39, 0.29) is 18.4 Å². The van der Waals surface area contributed by atoms with Crippen molar-refractivity contribution in [3.8, 4) is 0 Å². The molecule has 2 rings (SSSR count). The standard InChI is InChI=1S/C14H19N3.ClH/c1-4-12(14-15-8-9-16-14)17-13-7-5-6-10(2)11(13)3;/h4-7,12,17H,1,8-9H2,2-3H3,(H,15,16);1H. The first-order valence-electron chi connectivity index (χ1n) is 5.96. The highest BCUT2D eigenvalue weighted by Gasteiger charge is 2.15. The van der Waals surface area contributed by atoms with Crippen LogP contribution < -0.4 is 10.6 Å². The Labute approximate surface area is 115 Å². The van der Waals surface area contributed by atoms with Gasteiger partial charge in [0.2, 0.25) is 0 Å². The molecule has 1 aromatic rings. The normalized spacial score (nSPS) is 15.1. The Morgan fingerprint density at radius 3 is 2.83 bits per heavy atom. The Hall–Kier alpha value is -1.48. The Bertz CT molecular complexity index is 454. The van der Waals surface area contributed by atoms with Gasteiger partial charge in [-0.25, -0.2) is 0 Å². The van der Waals surface area contributed by atoms with Crippen molar-refractivity contribution in [3.05, 3.63) is 42.0 Å². The van der Waals surface area contributed by atoms with Gasteiger partial charge in [0.1, 0.15) is 11.9 Å². The second-order valence-electron chi connectivity index (χ2n) is 4.30. The fourth-order valence-electron chi connectivity index (χ4n) is 1.94. The number of aliphatic imine (C=N–C) groups is 1. The van der Waals surface area contributed by atoms with Gasteiger partial charge in [0.15, 0.2) is 0 Å². The van der Waals surface area contributed by atoms with Crippen molar-refractivity contribution in [2.75, 3.05) is 18.4 Å². The van der Waals surface area contributed by atoms with Gasteiger partial charge in [0.05, 0.1) is 6.54 Å². The molecule has 4 heteroatoms. The zero-order valence-electron chi connectivity index (χ0n) is 10.9. The SMILES string of the molecule is C=CC(Nc1cccc(C)c1C)C1=NCCN1.Cl. The number of anilines is 1. The van der Waals surface area contributed by atoms with Crippen LogP contribution in [0.3, 0.4) is 0 Å². The quantitative estimate of drug-likeness (QED) is 0.822. The Morgan fingerprint density at radius 1 is 1.44 bits per heavy atom. The summed E-state index contributed by atoms with van der Waals surface area (Å²) in [5, 5.41) is 6.75. The lowest BCUT2D eigenvalue weighted by Gasteiger charge is -2.19. The molecule has 1 atom stereocenters. The van der Waals surface area contributed by atoms with Crippen LogP contribution in [0.15, 0.2) is 35.8 Å². The molecule has 1 aromatic carbocycles. The zero-order chi connectivity index (χ0) is 12.3. The van der Waals surface area contributed by atoms with E-state index < -0.39 is 0 Å². The smallest absolute Gasteiger partial charge is 0.123 e. The summed E-state index contributed by atoms with van der Waals surface area (Å²) < 4.78 is 0. The molecule has 0 fully saturated rings. The molecule has 0 bridgehead atoms. The average Bonchev–Trinajstić information content (AvgIpc) is 2.85. The van der Waals surface area contributed by atoms with E-state index in [1.807, 2.05) is 6.08 Å². The predicted octanol–water partition coefficient (Wildman–Crippen LogP) is 2.69. The van der Waals surface area contributed by atoms with E-state index in [1.54, 1.807) is 0 Å². The third-order valence-corrected chi connectivity index (χ3v) is 3.15. The van der Waals surface area contributed by atoms with Crippen LogP contribution in [-0.2, 0) is 0 Å². The molecule has 0 saturated carbocycles. The first-order valence-corrected chi connectivity index (χ1v) is 5.96. The summed E-state index contributed by atoms with van der Waals surface area (Å²) in [4.78, 5) is 4.43. The summed E-state index contributed by atoms with van der Waals surface area (Å²) in [6.07, 6.45) is 1.89. The van der Waals surface area contributed by atoms with Gasteiger partial charge in [-0.15, -0.1) is 19.0 Å². The molecule has 18 heavy (non-hydrogen) atoms. The van der Waals surface area contributed by atoms with Gasteiger partial charge >= 0.3 is 0 Å². The topological polar surface area (TPSA) is 36.4 Å². The van der Waals surface area contributed by atoms with Gasteiger partial charge < -0.3 is 10.6 Å². The molecular formula is C14H20ClN3. The third kappa shape index (κ3) is 3.05. The maximum atomic E-state index is 4.43. The van der Waals surface area contributed by atoms with Gasteiger partial charge in [-0.05, 0) is 31.0 Å². The van der Waals surface area contributed by atoms with Crippen LogP contribution in [0, 0.1) is 13.8 Å². The van der Waals surface area contributed by atoms with Crippen molar-refractivity contribution < 1.29 is 0 Å². The number of nitrogens with one attached hydrogen (secondary N) is 2. The molecule has 98 valence electrons. The Kier molecular flexibility index (Phi) is 5.23. The van der Waals surface area contributed by atoms with E-state index in [0.717, 1.165) is 24.6 Å². The van der Waals surface area contributed by atoms with Crippen molar-refractivity contribution >= 4 is 23.9 Å². The monoisotopic (exact) mass is 265 g/mol. The largest absolute Gasteiger partial charge is 0.372 e. The molecular weight excluding hydrogens is 246 g/mol. The lowest BCUT2D eigenvalue weighted by molar-refractivity contribution is 0.945. The van der Waals surface area contributed by atoms with Gasteiger partial charge in [-0.1, -0.05) is 18.2 Å². The molecule has 1 aliphatic heterocycles. The number of halogens is 1. The van der Waals surface area contributed by atoms with E-state index in [4.69, 9.17) is 0 Å². The first kappa shape index (κ1) is 14.6. The van der Waals surface area contributed by atoms with Crippen LogP contribution in [-0.4, -0.2) is 25.0 Å². The van der Waals surface area contributed by atoms with Crippen LogP contribution in [0.2, 0.25) is 0 Å². The molecule has 1 aliphatic rings. The maximum Gasteiger partial charge on any atom is 0.123 e. The summed E-state index contributed by atoms with van der Waals surface area (Å²) in [6, 6.07) is 6.34. The zero-order valence-corrected chi connectivity index (χ0v) is 11.7. The number of benzene rings is 1. The number of aryl methyl sites for hydroxylation is 1. The van der Waals surface area contributed by atoms with E-state index in [0.29, 0.717) is 0 Å².